The Bertz CT molecular complexity index is 462. The van der Waals surface area contributed by atoms with Gasteiger partial charge in [-0.1, -0.05) is 6.07 Å². The van der Waals surface area contributed by atoms with Crippen molar-refractivity contribution in [1.82, 2.24) is 9.80 Å². The summed E-state index contributed by atoms with van der Waals surface area (Å²) in [6.45, 7) is 3.64. The normalized spacial score (nSPS) is 19.4. The summed E-state index contributed by atoms with van der Waals surface area (Å²) in [4.78, 5) is 15.5. The van der Waals surface area contributed by atoms with Gasteiger partial charge in [-0.15, -0.1) is 0 Å². The lowest BCUT2D eigenvalue weighted by Gasteiger charge is -2.20. The van der Waals surface area contributed by atoms with Gasteiger partial charge in [-0.25, -0.2) is 4.79 Å². The minimum absolute atomic E-state index is 0.261. The second-order valence-electron chi connectivity index (χ2n) is 5.39. The van der Waals surface area contributed by atoms with Crippen LogP contribution in [0.2, 0.25) is 0 Å². The molecule has 0 aromatic heterocycles. The molecule has 0 bridgehead atoms. The van der Waals surface area contributed by atoms with Crippen molar-refractivity contribution in [2.45, 2.75) is 12.5 Å². The molecule has 1 heterocycles. The van der Waals surface area contributed by atoms with Gasteiger partial charge in [0, 0.05) is 19.1 Å². The third-order valence-electron chi connectivity index (χ3n) is 3.74. The molecule has 0 spiro atoms. The second-order valence-corrected chi connectivity index (χ2v) is 5.39. The number of carbonyl (C=O) groups is 1. The maximum Gasteiger partial charge on any atom is 0.335 e. The Labute approximate surface area is 119 Å². The molecule has 1 aromatic carbocycles. The number of hydrogen-bond donors (Lipinski definition) is 1. The second kappa shape index (κ2) is 6.72. The van der Waals surface area contributed by atoms with E-state index in [1.807, 2.05) is 0 Å². The zero-order valence-corrected chi connectivity index (χ0v) is 12.1. The fraction of sp³-hybridized carbons (Fsp3) is 0.533. The Hall–Kier alpha value is -1.59. The van der Waals surface area contributed by atoms with Gasteiger partial charge in [-0.2, -0.15) is 0 Å². The Kier molecular flexibility index (Phi) is 4.98. The molecular weight excluding hydrogens is 256 g/mol. The average Bonchev–Trinajstić information content (AvgIpc) is 2.88. The SMILES string of the molecule is CN(C)C1CCN(CCOc2cccc(C(=O)O)c2)C1. The number of nitrogens with zero attached hydrogens (tertiary/aromatic N) is 2. The molecule has 1 aliphatic rings. The summed E-state index contributed by atoms with van der Waals surface area (Å²) in [5, 5.41) is 8.92. The van der Waals surface area contributed by atoms with Crippen LogP contribution in [-0.4, -0.2) is 67.3 Å². The Morgan fingerprint density at radius 2 is 2.30 bits per heavy atom. The van der Waals surface area contributed by atoms with Gasteiger partial charge in [0.2, 0.25) is 0 Å². The summed E-state index contributed by atoms with van der Waals surface area (Å²) >= 11 is 0. The first kappa shape index (κ1) is 14.8. The number of rotatable bonds is 6. The number of carboxylic acids is 1. The van der Waals surface area contributed by atoms with Gasteiger partial charge >= 0.3 is 5.97 Å². The number of benzene rings is 1. The van der Waals surface area contributed by atoms with Gasteiger partial charge in [0.05, 0.1) is 5.56 Å². The number of ether oxygens (including phenoxy) is 1. The van der Waals surface area contributed by atoms with Crippen LogP contribution in [0, 0.1) is 0 Å². The molecule has 0 radical (unpaired) electrons. The van der Waals surface area contributed by atoms with E-state index in [-0.39, 0.29) is 5.56 Å². The van der Waals surface area contributed by atoms with E-state index >= 15 is 0 Å². The first-order chi connectivity index (χ1) is 9.56. The minimum atomic E-state index is -0.927. The van der Waals surface area contributed by atoms with E-state index in [0.29, 0.717) is 18.4 Å². The van der Waals surface area contributed by atoms with Crippen molar-refractivity contribution in [1.29, 1.82) is 0 Å². The molecule has 0 saturated carbocycles. The number of carboxylic acid groups (broad SMARTS) is 1. The fourth-order valence-electron chi connectivity index (χ4n) is 2.45. The van der Waals surface area contributed by atoms with E-state index < -0.39 is 5.97 Å². The van der Waals surface area contributed by atoms with E-state index in [4.69, 9.17) is 9.84 Å². The van der Waals surface area contributed by atoms with Crippen molar-refractivity contribution in [3.63, 3.8) is 0 Å². The first-order valence-electron chi connectivity index (χ1n) is 6.91. The van der Waals surface area contributed by atoms with E-state index in [0.717, 1.165) is 19.6 Å². The highest BCUT2D eigenvalue weighted by atomic mass is 16.5. The predicted octanol–water partition coefficient (Wildman–Crippen LogP) is 1.40. The van der Waals surface area contributed by atoms with E-state index in [2.05, 4.69) is 23.9 Å². The van der Waals surface area contributed by atoms with Gasteiger partial charge in [0.1, 0.15) is 12.4 Å². The molecule has 20 heavy (non-hydrogen) atoms. The number of likely N-dealkylation sites (tertiary alicyclic amines) is 1. The summed E-state index contributed by atoms with van der Waals surface area (Å²) < 4.78 is 5.64. The third-order valence-corrected chi connectivity index (χ3v) is 3.74. The molecule has 5 heteroatoms. The van der Waals surface area contributed by atoms with E-state index in [9.17, 15) is 4.79 Å². The fourth-order valence-corrected chi connectivity index (χ4v) is 2.45. The van der Waals surface area contributed by atoms with Crippen molar-refractivity contribution in [3.8, 4) is 5.75 Å². The summed E-state index contributed by atoms with van der Waals surface area (Å²) in [5.41, 5.74) is 0.261. The summed E-state index contributed by atoms with van der Waals surface area (Å²) in [6.07, 6.45) is 1.20. The van der Waals surface area contributed by atoms with Crippen LogP contribution in [0.15, 0.2) is 24.3 Å². The standard InChI is InChI=1S/C15H22N2O3/c1-16(2)13-6-7-17(11-13)8-9-20-14-5-3-4-12(10-14)15(18)19/h3-5,10,13H,6-9,11H2,1-2H3,(H,18,19). The number of hydrogen-bond acceptors (Lipinski definition) is 4. The zero-order valence-electron chi connectivity index (χ0n) is 12.1. The third kappa shape index (κ3) is 3.95. The molecule has 110 valence electrons. The van der Waals surface area contributed by atoms with E-state index in [1.165, 1.54) is 6.42 Å². The van der Waals surface area contributed by atoms with Gasteiger partial charge < -0.3 is 14.7 Å². The smallest absolute Gasteiger partial charge is 0.335 e. The summed E-state index contributed by atoms with van der Waals surface area (Å²) in [7, 11) is 4.23. The number of aromatic carboxylic acids is 1. The van der Waals surface area contributed by atoms with Crippen molar-refractivity contribution >= 4 is 5.97 Å². The molecule has 1 atom stereocenters. The summed E-state index contributed by atoms with van der Waals surface area (Å²) in [6, 6.07) is 7.26. The molecule has 0 aliphatic carbocycles. The van der Waals surface area contributed by atoms with Crippen molar-refractivity contribution in [2.24, 2.45) is 0 Å². The predicted molar refractivity (Wildman–Crippen MR) is 77.4 cm³/mol. The Balaban J connectivity index is 1.76. The van der Waals surface area contributed by atoms with Gasteiger partial charge in [-0.05, 0) is 45.3 Å². The average molecular weight is 278 g/mol. The van der Waals surface area contributed by atoms with Crippen LogP contribution in [0.1, 0.15) is 16.8 Å². The van der Waals surface area contributed by atoms with Gasteiger partial charge in [0.25, 0.3) is 0 Å². The molecule has 1 aliphatic heterocycles. The van der Waals surface area contributed by atoms with Crippen LogP contribution < -0.4 is 4.74 Å². The van der Waals surface area contributed by atoms with Gasteiger partial charge in [0.15, 0.2) is 0 Å². The van der Waals surface area contributed by atoms with Crippen LogP contribution in [0.3, 0.4) is 0 Å². The lowest BCUT2D eigenvalue weighted by Crippen LogP contribution is -2.33. The molecular formula is C15H22N2O3. The largest absolute Gasteiger partial charge is 0.492 e. The van der Waals surface area contributed by atoms with Crippen LogP contribution in [0.4, 0.5) is 0 Å². The first-order valence-corrected chi connectivity index (χ1v) is 6.91. The van der Waals surface area contributed by atoms with Crippen LogP contribution in [0.5, 0.6) is 5.75 Å². The van der Waals surface area contributed by atoms with Crippen LogP contribution >= 0.6 is 0 Å². The summed E-state index contributed by atoms with van der Waals surface area (Å²) in [5.74, 6) is -0.308. The molecule has 2 rings (SSSR count). The van der Waals surface area contributed by atoms with Crippen molar-refractivity contribution < 1.29 is 14.6 Å². The monoisotopic (exact) mass is 278 g/mol. The van der Waals surface area contributed by atoms with Crippen LogP contribution in [0.25, 0.3) is 0 Å². The quantitative estimate of drug-likeness (QED) is 0.852. The number of likely N-dealkylation sites (N-methyl/N-ethyl adjacent to an activating group) is 1. The molecule has 1 N–H and O–H groups in total. The minimum Gasteiger partial charge on any atom is -0.492 e. The lowest BCUT2D eigenvalue weighted by molar-refractivity contribution is 0.0696. The Morgan fingerprint density at radius 1 is 1.50 bits per heavy atom. The van der Waals surface area contributed by atoms with Gasteiger partial charge in [-0.3, -0.25) is 4.90 Å². The molecule has 0 amide bonds. The van der Waals surface area contributed by atoms with Crippen molar-refractivity contribution in [2.75, 3.05) is 40.3 Å². The highest BCUT2D eigenvalue weighted by molar-refractivity contribution is 5.87. The zero-order chi connectivity index (χ0) is 14.5. The van der Waals surface area contributed by atoms with E-state index in [1.54, 1.807) is 24.3 Å². The topological polar surface area (TPSA) is 53.0 Å². The molecule has 1 aromatic rings. The van der Waals surface area contributed by atoms with Crippen LogP contribution in [-0.2, 0) is 0 Å². The molecule has 1 unspecified atom stereocenters. The Morgan fingerprint density at radius 3 is 2.95 bits per heavy atom. The maximum absolute atomic E-state index is 10.9. The molecule has 5 nitrogen and oxygen atoms in total. The highest BCUT2D eigenvalue weighted by Gasteiger charge is 2.23. The molecule has 1 saturated heterocycles. The van der Waals surface area contributed by atoms with Crippen molar-refractivity contribution in [3.05, 3.63) is 29.8 Å². The lowest BCUT2D eigenvalue weighted by atomic mass is 10.2. The highest BCUT2D eigenvalue weighted by Crippen LogP contribution is 2.15. The maximum atomic E-state index is 10.9. The molecule has 1 fully saturated rings.